The van der Waals surface area contributed by atoms with Gasteiger partial charge in [0.2, 0.25) is 0 Å². The number of amides is 1. The molecular formula is C29H32FNO4. The Labute approximate surface area is 206 Å². The van der Waals surface area contributed by atoms with Crippen molar-refractivity contribution < 1.29 is 23.4 Å². The van der Waals surface area contributed by atoms with Crippen LogP contribution in [0.1, 0.15) is 24.8 Å². The lowest BCUT2D eigenvalue weighted by Crippen LogP contribution is -2.41. The molecule has 0 aliphatic carbocycles. The zero-order chi connectivity index (χ0) is 24.6. The van der Waals surface area contributed by atoms with E-state index < -0.39 is 5.82 Å². The number of hydrogen-bond donors (Lipinski definition) is 0. The van der Waals surface area contributed by atoms with Crippen LogP contribution in [0, 0.1) is 11.7 Å². The lowest BCUT2D eigenvalue weighted by Gasteiger charge is -2.32. The van der Waals surface area contributed by atoms with Gasteiger partial charge in [-0.25, -0.2) is 4.39 Å². The van der Waals surface area contributed by atoms with E-state index in [1.807, 2.05) is 53.4 Å². The lowest BCUT2D eigenvalue weighted by molar-refractivity contribution is -0.134. The minimum Gasteiger partial charge on any atom is -0.493 e. The van der Waals surface area contributed by atoms with E-state index >= 15 is 0 Å². The fraction of sp³-hybridized carbons (Fsp3) is 0.345. The second kappa shape index (κ2) is 11.7. The molecule has 5 nitrogen and oxygen atoms in total. The van der Waals surface area contributed by atoms with Gasteiger partial charge in [0.1, 0.15) is 0 Å². The highest BCUT2D eigenvalue weighted by atomic mass is 19.1. The molecule has 1 fully saturated rings. The molecule has 4 rings (SSSR count). The quantitative estimate of drug-likeness (QED) is 0.393. The highest BCUT2D eigenvalue weighted by Crippen LogP contribution is 2.33. The van der Waals surface area contributed by atoms with Crippen LogP contribution in [0.3, 0.4) is 0 Å². The summed E-state index contributed by atoms with van der Waals surface area (Å²) in [5, 5.41) is 0. The van der Waals surface area contributed by atoms with E-state index in [1.165, 1.54) is 11.6 Å². The molecule has 0 bridgehead atoms. The van der Waals surface area contributed by atoms with Gasteiger partial charge in [-0.15, -0.1) is 0 Å². The number of carbonyl (C=O) groups is 1. The number of methoxy groups -OCH3 is 2. The van der Waals surface area contributed by atoms with Gasteiger partial charge in [-0.2, -0.15) is 0 Å². The topological polar surface area (TPSA) is 48.0 Å². The molecule has 184 valence electrons. The first-order valence-electron chi connectivity index (χ1n) is 12.0. The Morgan fingerprint density at radius 2 is 1.69 bits per heavy atom. The monoisotopic (exact) mass is 477 g/mol. The molecule has 0 saturated carbocycles. The molecule has 0 radical (unpaired) electrons. The summed E-state index contributed by atoms with van der Waals surface area (Å²) in [6, 6.07) is 20.3. The standard InChI is InChI=1S/C29H32FNO4/c1-33-26-14-13-22(19-27(26)34-2)12-11-21-15-17-31(18-16-21)28(32)20-35-29-24(9-6-10-25(29)30)23-7-4-3-5-8-23/h3-10,13-14,19,21H,11-12,15-18,20H2,1-2H3. The second-order valence-electron chi connectivity index (χ2n) is 8.82. The first-order valence-corrected chi connectivity index (χ1v) is 12.0. The maximum absolute atomic E-state index is 14.5. The normalized spacial score (nSPS) is 14.0. The van der Waals surface area contributed by atoms with Crippen molar-refractivity contribution in [1.82, 2.24) is 4.90 Å². The summed E-state index contributed by atoms with van der Waals surface area (Å²) in [7, 11) is 3.28. The van der Waals surface area contributed by atoms with Crippen molar-refractivity contribution in [2.45, 2.75) is 25.7 Å². The van der Waals surface area contributed by atoms with E-state index in [0.29, 0.717) is 24.6 Å². The molecule has 1 amide bonds. The number of ether oxygens (including phenoxy) is 3. The number of halogens is 1. The third kappa shape index (κ3) is 6.13. The Kier molecular flexibility index (Phi) is 8.24. The van der Waals surface area contributed by atoms with Gasteiger partial charge in [0.25, 0.3) is 5.91 Å². The van der Waals surface area contributed by atoms with Gasteiger partial charge in [-0.3, -0.25) is 4.79 Å². The summed E-state index contributed by atoms with van der Waals surface area (Å²) in [6.45, 7) is 1.22. The number of para-hydroxylation sites is 1. The number of aryl methyl sites for hydroxylation is 1. The molecule has 0 spiro atoms. The Hall–Kier alpha value is -3.54. The molecule has 1 saturated heterocycles. The molecule has 1 aliphatic heterocycles. The number of rotatable bonds is 9. The smallest absolute Gasteiger partial charge is 0.260 e. The molecule has 0 aromatic heterocycles. The SMILES string of the molecule is COc1ccc(CCC2CCN(C(=O)COc3c(F)cccc3-c3ccccc3)CC2)cc1OC. The highest BCUT2D eigenvalue weighted by Gasteiger charge is 2.24. The van der Waals surface area contributed by atoms with Crippen LogP contribution in [0.25, 0.3) is 11.1 Å². The average molecular weight is 478 g/mol. The minimum atomic E-state index is -0.465. The predicted octanol–water partition coefficient (Wildman–Crippen LogP) is 5.76. The molecule has 3 aromatic carbocycles. The van der Waals surface area contributed by atoms with Gasteiger partial charge in [0.15, 0.2) is 29.7 Å². The number of likely N-dealkylation sites (tertiary alicyclic amines) is 1. The van der Waals surface area contributed by atoms with Crippen molar-refractivity contribution in [3.63, 3.8) is 0 Å². The molecule has 1 heterocycles. The lowest BCUT2D eigenvalue weighted by atomic mass is 9.90. The van der Waals surface area contributed by atoms with Gasteiger partial charge in [0, 0.05) is 18.7 Å². The predicted molar refractivity (Wildman–Crippen MR) is 135 cm³/mol. The van der Waals surface area contributed by atoms with Crippen molar-refractivity contribution in [3.8, 4) is 28.4 Å². The zero-order valence-electron chi connectivity index (χ0n) is 20.3. The van der Waals surface area contributed by atoms with Crippen molar-refractivity contribution in [2.24, 2.45) is 5.92 Å². The van der Waals surface area contributed by atoms with Crippen LogP contribution in [0.4, 0.5) is 4.39 Å². The molecule has 3 aromatic rings. The number of benzene rings is 3. The summed E-state index contributed by atoms with van der Waals surface area (Å²) in [5.41, 5.74) is 2.71. The largest absolute Gasteiger partial charge is 0.493 e. The van der Waals surface area contributed by atoms with E-state index in [-0.39, 0.29) is 18.3 Å². The van der Waals surface area contributed by atoms with E-state index in [9.17, 15) is 9.18 Å². The summed E-state index contributed by atoms with van der Waals surface area (Å²) < 4.78 is 31.0. The van der Waals surface area contributed by atoms with Crippen molar-refractivity contribution in [1.29, 1.82) is 0 Å². The minimum absolute atomic E-state index is 0.106. The van der Waals surface area contributed by atoms with Crippen LogP contribution < -0.4 is 14.2 Å². The van der Waals surface area contributed by atoms with Crippen LogP contribution in [-0.4, -0.2) is 44.7 Å². The maximum atomic E-state index is 14.5. The van der Waals surface area contributed by atoms with E-state index in [1.54, 1.807) is 20.3 Å². The molecule has 1 aliphatic rings. The van der Waals surface area contributed by atoms with Crippen molar-refractivity contribution in [2.75, 3.05) is 33.9 Å². The summed E-state index contributed by atoms with van der Waals surface area (Å²) in [5.74, 6) is 1.59. The first kappa shape index (κ1) is 24.6. The van der Waals surface area contributed by atoms with E-state index in [0.717, 1.165) is 42.7 Å². The maximum Gasteiger partial charge on any atom is 0.260 e. The van der Waals surface area contributed by atoms with Crippen LogP contribution in [0.2, 0.25) is 0 Å². The van der Waals surface area contributed by atoms with Crippen molar-refractivity contribution in [3.05, 3.63) is 78.1 Å². The summed E-state index contributed by atoms with van der Waals surface area (Å²) >= 11 is 0. The second-order valence-corrected chi connectivity index (χ2v) is 8.82. The highest BCUT2D eigenvalue weighted by molar-refractivity contribution is 5.78. The number of piperidine rings is 1. The van der Waals surface area contributed by atoms with Gasteiger partial charge >= 0.3 is 0 Å². The number of nitrogens with zero attached hydrogens (tertiary/aromatic N) is 1. The molecular weight excluding hydrogens is 445 g/mol. The third-order valence-electron chi connectivity index (χ3n) is 6.65. The summed E-state index contributed by atoms with van der Waals surface area (Å²) in [6.07, 6.45) is 3.92. The fourth-order valence-electron chi connectivity index (χ4n) is 4.60. The Morgan fingerprint density at radius 3 is 2.40 bits per heavy atom. The van der Waals surface area contributed by atoms with Gasteiger partial charge in [-0.1, -0.05) is 48.5 Å². The third-order valence-corrected chi connectivity index (χ3v) is 6.65. The molecule has 0 atom stereocenters. The number of carbonyl (C=O) groups excluding carboxylic acids is 1. The molecule has 6 heteroatoms. The van der Waals surface area contributed by atoms with Crippen LogP contribution >= 0.6 is 0 Å². The Bertz CT molecular complexity index is 1130. The van der Waals surface area contributed by atoms with Crippen molar-refractivity contribution >= 4 is 5.91 Å². The van der Waals surface area contributed by atoms with E-state index in [2.05, 4.69) is 6.07 Å². The first-order chi connectivity index (χ1) is 17.1. The summed E-state index contributed by atoms with van der Waals surface area (Å²) in [4.78, 5) is 14.6. The Balaban J connectivity index is 1.27. The van der Waals surface area contributed by atoms with Crippen LogP contribution in [0.15, 0.2) is 66.7 Å². The zero-order valence-corrected chi connectivity index (χ0v) is 20.3. The molecule has 35 heavy (non-hydrogen) atoms. The van der Waals surface area contributed by atoms with Gasteiger partial charge < -0.3 is 19.1 Å². The van der Waals surface area contributed by atoms with Crippen LogP contribution in [-0.2, 0) is 11.2 Å². The van der Waals surface area contributed by atoms with E-state index in [4.69, 9.17) is 14.2 Å². The van der Waals surface area contributed by atoms with Crippen LogP contribution in [0.5, 0.6) is 17.2 Å². The average Bonchev–Trinajstić information content (AvgIpc) is 2.91. The molecule has 0 unspecified atom stereocenters. The molecule has 0 N–H and O–H groups in total. The Morgan fingerprint density at radius 1 is 0.943 bits per heavy atom. The fourth-order valence-corrected chi connectivity index (χ4v) is 4.60. The van der Waals surface area contributed by atoms with Gasteiger partial charge in [0.05, 0.1) is 14.2 Å². The van der Waals surface area contributed by atoms with Gasteiger partial charge in [-0.05, 0) is 60.9 Å². The number of hydrogen-bond acceptors (Lipinski definition) is 4.